The van der Waals surface area contributed by atoms with E-state index in [9.17, 15) is 4.79 Å². The molecule has 5 heteroatoms. The number of methoxy groups -OCH3 is 1. The van der Waals surface area contributed by atoms with Crippen LogP contribution in [0.2, 0.25) is 0 Å². The van der Waals surface area contributed by atoms with Gasteiger partial charge in [-0.25, -0.2) is 4.98 Å². The predicted octanol–water partition coefficient (Wildman–Crippen LogP) is 3.97. The molecule has 132 valence electrons. The third kappa shape index (κ3) is 3.22. The van der Waals surface area contributed by atoms with E-state index in [1.165, 1.54) is 0 Å². The van der Waals surface area contributed by atoms with Gasteiger partial charge >= 0.3 is 0 Å². The van der Waals surface area contributed by atoms with Gasteiger partial charge in [-0.2, -0.15) is 0 Å². The summed E-state index contributed by atoms with van der Waals surface area (Å²) in [6.45, 7) is 0. The molecule has 0 saturated carbocycles. The van der Waals surface area contributed by atoms with Crippen molar-refractivity contribution in [3.05, 3.63) is 95.7 Å². The average molecular weight is 355 g/mol. The van der Waals surface area contributed by atoms with Crippen LogP contribution in [-0.2, 0) is 0 Å². The molecule has 0 spiro atoms. The number of benzene rings is 1. The molecule has 5 nitrogen and oxygen atoms in total. The van der Waals surface area contributed by atoms with Crippen LogP contribution in [0.5, 0.6) is 5.88 Å². The average Bonchev–Trinajstić information content (AvgIpc) is 2.75. The lowest BCUT2D eigenvalue weighted by Crippen LogP contribution is -2.20. The summed E-state index contributed by atoms with van der Waals surface area (Å²) < 4.78 is 7.00. The van der Waals surface area contributed by atoms with Crippen molar-refractivity contribution >= 4 is 0 Å². The van der Waals surface area contributed by atoms with E-state index in [1.54, 1.807) is 30.1 Å². The Balaban J connectivity index is 2.02. The Morgan fingerprint density at radius 1 is 0.852 bits per heavy atom. The maximum absolute atomic E-state index is 13.3. The van der Waals surface area contributed by atoms with Crippen LogP contribution in [0.1, 0.15) is 0 Å². The summed E-state index contributed by atoms with van der Waals surface area (Å²) in [4.78, 5) is 21.9. The molecule has 0 fully saturated rings. The highest BCUT2D eigenvalue weighted by Crippen LogP contribution is 2.28. The lowest BCUT2D eigenvalue weighted by molar-refractivity contribution is 0.399. The van der Waals surface area contributed by atoms with Gasteiger partial charge in [0.25, 0.3) is 5.56 Å². The van der Waals surface area contributed by atoms with Gasteiger partial charge in [-0.15, -0.1) is 0 Å². The standard InChI is InChI=1S/C22H17N3O2/c1-27-21-18(10-7-13-24-21)19-14-16(20-11-5-6-12-23-20)15-25(22(19)26)17-8-3-2-4-9-17/h2-15H,1H3. The van der Waals surface area contributed by atoms with Crippen LogP contribution in [0.4, 0.5) is 0 Å². The summed E-state index contributed by atoms with van der Waals surface area (Å²) in [5, 5.41) is 0. The Kier molecular flexibility index (Phi) is 4.49. The smallest absolute Gasteiger partial charge is 0.263 e. The maximum atomic E-state index is 13.3. The lowest BCUT2D eigenvalue weighted by atomic mass is 10.0. The number of hydrogen-bond acceptors (Lipinski definition) is 4. The van der Waals surface area contributed by atoms with Crippen molar-refractivity contribution in [3.63, 3.8) is 0 Å². The molecule has 0 aliphatic carbocycles. The Morgan fingerprint density at radius 3 is 2.37 bits per heavy atom. The summed E-state index contributed by atoms with van der Waals surface area (Å²) in [6.07, 6.45) is 5.19. The van der Waals surface area contributed by atoms with Gasteiger partial charge < -0.3 is 4.74 Å². The molecule has 4 rings (SSSR count). The molecule has 0 saturated heterocycles. The van der Waals surface area contributed by atoms with Crippen molar-refractivity contribution in [2.45, 2.75) is 0 Å². The zero-order valence-corrected chi connectivity index (χ0v) is 14.7. The highest BCUT2D eigenvalue weighted by atomic mass is 16.5. The van der Waals surface area contributed by atoms with Gasteiger partial charge in [0.1, 0.15) is 0 Å². The van der Waals surface area contributed by atoms with Gasteiger partial charge in [0.05, 0.1) is 18.4 Å². The quantitative estimate of drug-likeness (QED) is 0.556. The molecule has 1 aromatic carbocycles. The first kappa shape index (κ1) is 16.7. The third-order valence-electron chi connectivity index (χ3n) is 4.27. The number of nitrogens with zero attached hydrogens (tertiary/aromatic N) is 3. The van der Waals surface area contributed by atoms with Gasteiger partial charge in [0.15, 0.2) is 0 Å². The number of aromatic nitrogens is 3. The molecular formula is C22H17N3O2. The molecule has 3 heterocycles. The summed E-state index contributed by atoms with van der Waals surface area (Å²) in [6, 6.07) is 20.7. The van der Waals surface area contributed by atoms with Crippen LogP contribution in [0.3, 0.4) is 0 Å². The fourth-order valence-electron chi connectivity index (χ4n) is 2.99. The number of hydrogen-bond donors (Lipinski definition) is 0. The highest BCUT2D eigenvalue weighted by molar-refractivity contribution is 5.73. The molecule has 27 heavy (non-hydrogen) atoms. The summed E-state index contributed by atoms with van der Waals surface area (Å²) >= 11 is 0. The number of rotatable bonds is 4. The minimum atomic E-state index is -0.146. The van der Waals surface area contributed by atoms with E-state index in [4.69, 9.17) is 4.74 Å². The molecule has 0 bridgehead atoms. The molecule has 0 unspecified atom stereocenters. The Hall–Kier alpha value is -3.73. The Morgan fingerprint density at radius 2 is 1.63 bits per heavy atom. The monoisotopic (exact) mass is 355 g/mol. The van der Waals surface area contributed by atoms with Crippen molar-refractivity contribution in [1.82, 2.24) is 14.5 Å². The third-order valence-corrected chi connectivity index (χ3v) is 4.27. The molecule has 0 radical (unpaired) electrons. The van der Waals surface area contributed by atoms with Gasteiger partial charge in [-0.1, -0.05) is 24.3 Å². The summed E-state index contributed by atoms with van der Waals surface area (Å²) in [5.74, 6) is 0.410. The van der Waals surface area contributed by atoms with E-state index >= 15 is 0 Å². The Bertz CT molecular complexity index is 1120. The fraction of sp³-hybridized carbons (Fsp3) is 0.0455. The molecule has 0 N–H and O–H groups in total. The van der Waals surface area contributed by atoms with Gasteiger partial charge in [0.2, 0.25) is 5.88 Å². The minimum Gasteiger partial charge on any atom is -0.481 e. The molecule has 0 atom stereocenters. The SMILES string of the molecule is COc1ncccc1-c1cc(-c2ccccn2)cn(-c2ccccc2)c1=O. The summed E-state index contributed by atoms with van der Waals surface area (Å²) in [5.41, 5.74) is 3.40. The van der Waals surface area contributed by atoms with E-state index in [-0.39, 0.29) is 5.56 Å². The van der Waals surface area contributed by atoms with Gasteiger partial charge in [-0.05, 0) is 42.5 Å². The molecule has 0 amide bonds. The van der Waals surface area contributed by atoms with Gasteiger partial charge in [0, 0.05) is 35.4 Å². The first-order valence-electron chi connectivity index (χ1n) is 8.51. The second-order valence-corrected chi connectivity index (χ2v) is 5.93. The van der Waals surface area contributed by atoms with Crippen molar-refractivity contribution < 1.29 is 4.74 Å². The molecule has 3 aromatic heterocycles. The second kappa shape index (κ2) is 7.25. The van der Waals surface area contributed by atoms with Crippen molar-refractivity contribution in [3.8, 4) is 34.0 Å². The highest BCUT2D eigenvalue weighted by Gasteiger charge is 2.15. The van der Waals surface area contributed by atoms with E-state index in [0.29, 0.717) is 17.0 Å². The number of para-hydroxylation sites is 1. The molecule has 4 aromatic rings. The van der Waals surface area contributed by atoms with Crippen molar-refractivity contribution in [1.29, 1.82) is 0 Å². The zero-order chi connectivity index (χ0) is 18.6. The van der Waals surface area contributed by atoms with Crippen molar-refractivity contribution in [2.24, 2.45) is 0 Å². The van der Waals surface area contributed by atoms with E-state index in [0.717, 1.165) is 16.9 Å². The van der Waals surface area contributed by atoms with Crippen LogP contribution >= 0.6 is 0 Å². The van der Waals surface area contributed by atoms with E-state index in [1.807, 2.05) is 66.9 Å². The minimum absolute atomic E-state index is 0.146. The topological polar surface area (TPSA) is 57.0 Å². The molecule has 0 aliphatic rings. The van der Waals surface area contributed by atoms with Crippen LogP contribution in [0.25, 0.3) is 28.1 Å². The maximum Gasteiger partial charge on any atom is 0.263 e. The van der Waals surface area contributed by atoms with Gasteiger partial charge in [-0.3, -0.25) is 14.3 Å². The number of ether oxygens (including phenoxy) is 1. The van der Waals surface area contributed by atoms with Crippen LogP contribution in [0, 0.1) is 0 Å². The van der Waals surface area contributed by atoms with Crippen LogP contribution < -0.4 is 10.3 Å². The fourth-order valence-corrected chi connectivity index (χ4v) is 2.99. The van der Waals surface area contributed by atoms with Crippen molar-refractivity contribution in [2.75, 3.05) is 7.11 Å². The Labute approximate surface area is 156 Å². The molecule has 0 aliphatic heterocycles. The zero-order valence-electron chi connectivity index (χ0n) is 14.7. The first-order valence-corrected chi connectivity index (χ1v) is 8.51. The van der Waals surface area contributed by atoms with E-state index < -0.39 is 0 Å². The second-order valence-electron chi connectivity index (χ2n) is 5.93. The van der Waals surface area contributed by atoms with E-state index in [2.05, 4.69) is 9.97 Å². The predicted molar refractivity (Wildman–Crippen MR) is 105 cm³/mol. The first-order chi connectivity index (χ1) is 13.3. The summed E-state index contributed by atoms with van der Waals surface area (Å²) in [7, 11) is 1.55. The normalized spacial score (nSPS) is 10.6. The molecular weight excluding hydrogens is 338 g/mol. The largest absolute Gasteiger partial charge is 0.481 e. The lowest BCUT2D eigenvalue weighted by Gasteiger charge is -2.13. The van der Waals surface area contributed by atoms with Crippen LogP contribution in [-0.4, -0.2) is 21.6 Å². The van der Waals surface area contributed by atoms with Crippen LogP contribution in [0.15, 0.2) is 90.1 Å². The number of pyridine rings is 3.